The molecule has 2 atom stereocenters. The molecule has 2 fully saturated rings. The van der Waals surface area contributed by atoms with Gasteiger partial charge in [0.2, 0.25) is 0 Å². The van der Waals surface area contributed by atoms with Gasteiger partial charge in [0, 0.05) is 12.5 Å². The van der Waals surface area contributed by atoms with E-state index in [2.05, 4.69) is 4.90 Å². The maximum absolute atomic E-state index is 10.9. The first-order chi connectivity index (χ1) is 7.27. The topological polar surface area (TPSA) is 20.3 Å². The molecule has 1 saturated carbocycles. The van der Waals surface area contributed by atoms with Crippen LogP contribution in [0.3, 0.4) is 0 Å². The van der Waals surface area contributed by atoms with Crippen LogP contribution in [0.2, 0.25) is 0 Å². The van der Waals surface area contributed by atoms with Crippen molar-refractivity contribution in [2.24, 2.45) is 5.92 Å². The average molecular weight is 209 g/mol. The van der Waals surface area contributed by atoms with E-state index < -0.39 is 0 Å². The molecule has 2 unspecified atom stereocenters. The van der Waals surface area contributed by atoms with Crippen LogP contribution >= 0.6 is 0 Å². The molecule has 0 bridgehead atoms. The Labute approximate surface area is 93.0 Å². The molecule has 0 spiro atoms. The highest BCUT2D eigenvalue weighted by Gasteiger charge is 2.34. The van der Waals surface area contributed by atoms with Crippen LogP contribution in [0.15, 0.2) is 0 Å². The molecule has 86 valence electrons. The van der Waals surface area contributed by atoms with Gasteiger partial charge in [0.25, 0.3) is 0 Å². The van der Waals surface area contributed by atoms with Crippen molar-refractivity contribution in [1.29, 1.82) is 0 Å². The molecule has 2 heteroatoms. The number of likely N-dealkylation sites (tertiary alicyclic amines) is 1. The summed E-state index contributed by atoms with van der Waals surface area (Å²) < 4.78 is 0. The van der Waals surface area contributed by atoms with Crippen molar-refractivity contribution in [3.8, 4) is 0 Å². The zero-order valence-electron chi connectivity index (χ0n) is 9.87. The summed E-state index contributed by atoms with van der Waals surface area (Å²) in [5.41, 5.74) is 0. The first-order valence-electron chi connectivity index (χ1n) is 6.51. The fraction of sp³-hybridized carbons (Fsp3) is 0.923. The van der Waals surface area contributed by atoms with Gasteiger partial charge in [0.05, 0.1) is 0 Å². The van der Waals surface area contributed by atoms with E-state index in [0.717, 1.165) is 31.3 Å². The van der Waals surface area contributed by atoms with Gasteiger partial charge >= 0.3 is 0 Å². The number of ketones is 1. The van der Waals surface area contributed by atoms with Crippen LogP contribution in [0.4, 0.5) is 0 Å². The number of carbonyl (C=O) groups excluding carboxylic acids is 1. The zero-order valence-corrected chi connectivity index (χ0v) is 9.87. The Bertz CT molecular complexity index is 227. The Kier molecular flexibility index (Phi) is 3.79. The molecule has 0 aromatic carbocycles. The summed E-state index contributed by atoms with van der Waals surface area (Å²) in [4.78, 5) is 13.6. The smallest absolute Gasteiger partial charge is 0.129 e. The van der Waals surface area contributed by atoms with Crippen LogP contribution in [0.1, 0.15) is 51.9 Å². The first kappa shape index (κ1) is 11.1. The number of hydrogen-bond acceptors (Lipinski definition) is 2. The van der Waals surface area contributed by atoms with E-state index in [9.17, 15) is 4.79 Å². The van der Waals surface area contributed by atoms with E-state index in [-0.39, 0.29) is 0 Å². The number of hydrogen-bond donors (Lipinski definition) is 0. The molecule has 0 amide bonds. The van der Waals surface area contributed by atoms with Gasteiger partial charge in [0.15, 0.2) is 0 Å². The Morgan fingerprint density at radius 3 is 2.87 bits per heavy atom. The Morgan fingerprint density at radius 2 is 2.07 bits per heavy atom. The summed E-state index contributed by atoms with van der Waals surface area (Å²) in [6.45, 7) is 4.13. The highest BCUT2D eigenvalue weighted by molar-refractivity contribution is 5.75. The Morgan fingerprint density at radius 1 is 1.27 bits per heavy atom. The third-order valence-electron chi connectivity index (χ3n) is 4.08. The molecule has 1 aliphatic heterocycles. The lowest BCUT2D eigenvalue weighted by Crippen LogP contribution is -2.42. The summed E-state index contributed by atoms with van der Waals surface area (Å²) >= 11 is 0. The van der Waals surface area contributed by atoms with E-state index >= 15 is 0 Å². The van der Waals surface area contributed by atoms with Crippen molar-refractivity contribution in [3.63, 3.8) is 0 Å². The molecular weight excluding hydrogens is 186 g/mol. The zero-order chi connectivity index (χ0) is 10.7. The van der Waals surface area contributed by atoms with Crippen LogP contribution in [-0.2, 0) is 4.79 Å². The number of nitrogens with zero attached hydrogens (tertiary/aromatic N) is 1. The molecule has 0 radical (unpaired) electrons. The average Bonchev–Trinajstić information content (AvgIpc) is 2.65. The summed E-state index contributed by atoms with van der Waals surface area (Å²) in [5, 5.41) is 0. The summed E-state index contributed by atoms with van der Waals surface area (Å²) in [5.74, 6) is 1.33. The number of rotatable bonds is 4. The van der Waals surface area contributed by atoms with Crippen LogP contribution in [0, 0.1) is 5.92 Å². The number of fused-ring (bicyclic) bond motifs is 1. The normalized spacial score (nSPS) is 31.5. The summed E-state index contributed by atoms with van der Waals surface area (Å²) in [7, 11) is 0. The molecule has 2 nitrogen and oxygen atoms in total. The highest BCUT2D eigenvalue weighted by Crippen LogP contribution is 2.36. The van der Waals surface area contributed by atoms with Crippen molar-refractivity contribution in [2.75, 3.05) is 13.1 Å². The third kappa shape index (κ3) is 2.81. The summed E-state index contributed by atoms with van der Waals surface area (Å²) in [6, 6.07) is 0.866. The molecule has 0 N–H and O–H groups in total. The molecule has 1 heterocycles. The van der Waals surface area contributed by atoms with Gasteiger partial charge < -0.3 is 9.69 Å². The van der Waals surface area contributed by atoms with Crippen molar-refractivity contribution in [3.05, 3.63) is 0 Å². The van der Waals surface area contributed by atoms with Gasteiger partial charge in [0.1, 0.15) is 5.78 Å². The minimum Gasteiger partial charge on any atom is -0.300 e. The molecule has 15 heavy (non-hydrogen) atoms. The van der Waals surface area contributed by atoms with E-state index in [1.165, 1.54) is 38.6 Å². The van der Waals surface area contributed by atoms with Gasteiger partial charge in [-0.25, -0.2) is 0 Å². The predicted molar refractivity (Wildman–Crippen MR) is 61.9 cm³/mol. The fourth-order valence-electron chi connectivity index (χ4n) is 3.37. The molecule has 2 rings (SSSR count). The minimum atomic E-state index is 0.343. The maximum atomic E-state index is 10.9. The fourth-order valence-corrected chi connectivity index (χ4v) is 3.37. The lowest BCUT2D eigenvalue weighted by atomic mass is 9.92. The SMILES string of the molecule is CC(=O)CCCN1CCCC2CCCC21. The molecular formula is C13H23NO. The molecule has 0 aromatic heterocycles. The van der Waals surface area contributed by atoms with Gasteiger partial charge in [-0.3, -0.25) is 0 Å². The van der Waals surface area contributed by atoms with E-state index in [0.29, 0.717) is 5.78 Å². The maximum Gasteiger partial charge on any atom is 0.129 e. The quantitative estimate of drug-likeness (QED) is 0.709. The van der Waals surface area contributed by atoms with Crippen LogP contribution in [0.25, 0.3) is 0 Å². The predicted octanol–water partition coefficient (Wildman–Crippen LogP) is 2.62. The Hall–Kier alpha value is -0.370. The van der Waals surface area contributed by atoms with Crippen LogP contribution in [-0.4, -0.2) is 29.8 Å². The van der Waals surface area contributed by atoms with E-state index in [1.54, 1.807) is 6.92 Å². The van der Waals surface area contributed by atoms with Gasteiger partial charge in [-0.1, -0.05) is 6.42 Å². The third-order valence-corrected chi connectivity index (χ3v) is 4.08. The number of Topliss-reactive ketones (excluding diaryl/α,β-unsaturated/α-hetero) is 1. The molecule has 1 saturated heterocycles. The van der Waals surface area contributed by atoms with Crippen molar-refractivity contribution < 1.29 is 4.79 Å². The highest BCUT2D eigenvalue weighted by atomic mass is 16.1. The molecule has 0 aromatic rings. The van der Waals surface area contributed by atoms with Gasteiger partial charge in [-0.2, -0.15) is 0 Å². The minimum absolute atomic E-state index is 0.343. The number of piperidine rings is 1. The second kappa shape index (κ2) is 5.11. The lowest BCUT2D eigenvalue weighted by Gasteiger charge is -2.37. The van der Waals surface area contributed by atoms with E-state index in [1.807, 2.05) is 0 Å². The molecule has 1 aliphatic carbocycles. The largest absolute Gasteiger partial charge is 0.300 e. The van der Waals surface area contributed by atoms with Crippen LogP contribution < -0.4 is 0 Å². The van der Waals surface area contributed by atoms with Gasteiger partial charge in [-0.15, -0.1) is 0 Å². The number of carbonyl (C=O) groups is 1. The Balaban J connectivity index is 1.77. The van der Waals surface area contributed by atoms with Crippen LogP contribution in [0.5, 0.6) is 0 Å². The van der Waals surface area contributed by atoms with Crippen molar-refractivity contribution >= 4 is 5.78 Å². The standard InChI is InChI=1S/C13H23NO/c1-11(15)5-3-9-14-10-4-7-12-6-2-8-13(12)14/h12-13H,2-10H2,1H3. The van der Waals surface area contributed by atoms with Crippen molar-refractivity contribution in [2.45, 2.75) is 57.9 Å². The second-order valence-corrected chi connectivity index (χ2v) is 5.24. The van der Waals surface area contributed by atoms with E-state index in [4.69, 9.17) is 0 Å². The van der Waals surface area contributed by atoms with Crippen molar-refractivity contribution in [1.82, 2.24) is 4.90 Å². The molecule has 2 aliphatic rings. The first-order valence-corrected chi connectivity index (χ1v) is 6.51. The van der Waals surface area contributed by atoms with Gasteiger partial charge in [-0.05, 0) is 58.0 Å². The second-order valence-electron chi connectivity index (χ2n) is 5.24. The monoisotopic (exact) mass is 209 g/mol. The summed E-state index contributed by atoms with van der Waals surface area (Å²) in [6.07, 6.45) is 8.96. The lowest BCUT2D eigenvalue weighted by molar-refractivity contribution is -0.117.